The van der Waals surface area contributed by atoms with Gasteiger partial charge in [-0.2, -0.15) is 5.10 Å². The van der Waals surface area contributed by atoms with Gasteiger partial charge < -0.3 is 19.4 Å². The van der Waals surface area contributed by atoms with Gasteiger partial charge in [0.05, 0.1) is 29.3 Å². The number of pyridine rings is 1. The van der Waals surface area contributed by atoms with Crippen molar-refractivity contribution in [3.8, 4) is 23.1 Å². The fourth-order valence-electron chi connectivity index (χ4n) is 4.68. The maximum atomic E-state index is 6.01. The molecule has 4 heterocycles. The van der Waals surface area contributed by atoms with E-state index >= 15 is 0 Å². The molecule has 36 heavy (non-hydrogen) atoms. The Kier molecular flexibility index (Phi) is 5.60. The average molecular weight is 482 g/mol. The Hall–Kier alpha value is -3.91. The lowest BCUT2D eigenvalue weighted by Gasteiger charge is -2.41. The first kappa shape index (κ1) is 22.5. The quantitative estimate of drug-likeness (QED) is 0.329. The molecule has 0 amide bonds. The molecule has 2 atom stereocenters. The normalized spacial score (nSPS) is 18.4. The Balaban J connectivity index is 1.29. The molecule has 3 aromatic heterocycles. The van der Waals surface area contributed by atoms with Crippen LogP contribution in [0.15, 0.2) is 54.7 Å². The van der Waals surface area contributed by atoms with Crippen molar-refractivity contribution in [3.05, 3.63) is 66.2 Å². The van der Waals surface area contributed by atoms with Crippen LogP contribution in [0.3, 0.4) is 0 Å². The molecule has 5 aromatic rings. The lowest BCUT2D eigenvalue weighted by Crippen LogP contribution is -2.49. The molecule has 8 heteroatoms. The number of imidazole rings is 1. The molecule has 8 nitrogen and oxygen atoms in total. The predicted molar refractivity (Wildman–Crippen MR) is 141 cm³/mol. The zero-order valence-corrected chi connectivity index (χ0v) is 20.9. The minimum Gasteiger partial charge on any atom is -0.439 e. The van der Waals surface area contributed by atoms with E-state index < -0.39 is 0 Å². The van der Waals surface area contributed by atoms with Gasteiger partial charge in [0.15, 0.2) is 5.82 Å². The number of aromatic nitrogens is 5. The molecule has 1 radical (unpaired) electrons. The number of ether oxygens (including phenoxy) is 2. The number of H-pyrrole nitrogens is 2. The standard InChI is InChI=1S/C28H29N6O2/c1-16(2)25-14-34(18(4)15-35-25)19-5-8-22-24(12-19)31-28(30-22)27-21-7-6-20(13-23(21)32-33-27)36-26-11-17(3)9-10-29-26/h5-13,18,25H,14-15H2,1-4H3,(H,30,31)(H,32,33). The summed E-state index contributed by atoms with van der Waals surface area (Å²) in [6.45, 7) is 10.0. The third-order valence-electron chi connectivity index (χ3n) is 6.75. The molecular weight excluding hydrogens is 452 g/mol. The molecule has 0 spiro atoms. The van der Waals surface area contributed by atoms with Gasteiger partial charge >= 0.3 is 0 Å². The first-order chi connectivity index (χ1) is 17.4. The van der Waals surface area contributed by atoms with E-state index in [1.165, 1.54) is 5.92 Å². The first-order valence-electron chi connectivity index (χ1n) is 12.2. The van der Waals surface area contributed by atoms with Gasteiger partial charge in [-0.25, -0.2) is 9.97 Å². The van der Waals surface area contributed by atoms with Gasteiger partial charge in [-0.1, -0.05) is 13.8 Å². The zero-order valence-electron chi connectivity index (χ0n) is 20.9. The molecule has 1 fully saturated rings. The molecule has 1 aliphatic rings. The van der Waals surface area contributed by atoms with Crippen molar-refractivity contribution < 1.29 is 9.47 Å². The fraction of sp³-hybridized carbons (Fsp3) is 0.286. The van der Waals surface area contributed by atoms with E-state index in [2.05, 4.69) is 64.0 Å². The highest BCUT2D eigenvalue weighted by Crippen LogP contribution is 2.32. The second-order valence-corrected chi connectivity index (χ2v) is 9.74. The summed E-state index contributed by atoms with van der Waals surface area (Å²) in [5.41, 5.74) is 5.80. The Morgan fingerprint density at radius 2 is 1.97 bits per heavy atom. The average Bonchev–Trinajstić information content (AvgIpc) is 3.47. The number of nitrogens with zero attached hydrogens (tertiary/aromatic N) is 4. The van der Waals surface area contributed by atoms with Crippen molar-refractivity contribution in [2.24, 2.45) is 0 Å². The van der Waals surface area contributed by atoms with Crippen molar-refractivity contribution in [1.29, 1.82) is 0 Å². The molecule has 0 bridgehead atoms. The van der Waals surface area contributed by atoms with Crippen LogP contribution < -0.4 is 9.64 Å². The predicted octanol–water partition coefficient (Wildman–Crippen LogP) is 5.81. The molecule has 0 saturated carbocycles. The second-order valence-electron chi connectivity index (χ2n) is 9.74. The van der Waals surface area contributed by atoms with E-state index in [0.717, 1.165) is 51.3 Å². The largest absolute Gasteiger partial charge is 0.439 e. The van der Waals surface area contributed by atoms with Crippen LogP contribution in [0.1, 0.15) is 26.3 Å². The van der Waals surface area contributed by atoms with Crippen molar-refractivity contribution in [3.63, 3.8) is 0 Å². The van der Waals surface area contributed by atoms with Gasteiger partial charge in [0.25, 0.3) is 0 Å². The van der Waals surface area contributed by atoms with Gasteiger partial charge in [0, 0.05) is 47.9 Å². The van der Waals surface area contributed by atoms with Gasteiger partial charge in [-0.3, -0.25) is 5.10 Å². The summed E-state index contributed by atoms with van der Waals surface area (Å²) in [6.07, 6.45) is 1.89. The lowest BCUT2D eigenvalue weighted by molar-refractivity contribution is 0.0323. The maximum absolute atomic E-state index is 6.01. The number of benzene rings is 2. The number of morpholine rings is 1. The van der Waals surface area contributed by atoms with Crippen molar-refractivity contribution in [2.75, 3.05) is 18.1 Å². The lowest BCUT2D eigenvalue weighted by atomic mass is 10.0. The summed E-state index contributed by atoms with van der Waals surface area (Å²) in [5, 5.41) is 8.64. The maximum Gasteiger partial charge on any atom is 0.219 e. The van der Waals surface area contributed by atoms with E-state index in [0.29, 0.717) is 24.3 Å². The SMILES string of the molecule is C[C](C)C1CN(c2ccc3nc(-c4n[nH]c5cc(Oc6cc(C)ccn6)ccc45)[nH]c3c2)C(C)CO1. The summed E-state index contributed by atoms with van der Waals surface area (Å²) in [7, 11) is 0. The molecule has 2 unspecified atom stereocenters. The number of rotatable bonds is 5. The molecule has 2 aromatic carbocycles. The van der Waals surface area contributed by atoms with Crippen LogP contribution in [0, 0.1) is 12.8 Å². The Morgan fingerprint density at radius 1 is 1.08 bits per heavy atom. The van der Waals surface area contributed by atoms with E-state index in [1.54, 1.807) is 6.20 Å². The van der Waals surface area contributed by atoms with Gasteiger partial charge in [0.1, 0.15) is 11.4 Å². The minimum atomic E-state index is 0.153. The minimum absolute atomic E-state index is 0.153. The Bertz CT molecular complexity index is 1540. The third-order valence-corrected chi connectivity index (χ3v) is 6.75. The van der Waals surface area contributed by atoms with Gasteiger partial charge in [-0.15, -0.1) is 0 Å². The molecule has 0 aliphatic carbocycles. The van der Waals surface area contributed by atoms with Crippen molar-refractivity contribution in [2.45, 2.75) is 39.8 Å². The van der Waals surface area contributed by atoms with E-state index in [4.69, 9.17) is 14.5 Å². The summed E-state index contributed by atoms with van der Waals surface area (Å²) in [4.78, 5) is 15.0. The highest BCUT2D eigenvalue weighted by Gasteiger charge is 2.28. The smallest absolute Gasteiger partial charge is 0.219 e. The monoisotopic (exact) mass is 481 g/mol. The van der Waals surface area contributed by atoms with Crippen molar-refractivity contribution >= 4 is 27.6 Å². The highest BCUT2D eigenvalue weighted by molar-refractivity contribution is 5.94. The Morgan fingerprint density at radius 3 is 2.81 bits per heavy atom. The second kappa shape index (κ2) is 8.95. The van der Waals surface area contributed by atoms with Crippen LogP contribution >= 0.6 is 0 Å². The first-order valence-corrected chi connectivity index (χ1v) is 12.2. The molecule has 1 saturated heterocycles. The number of fused-ring (bicyclic) bond motifs is 2. The van der Waals surface area contributed by atoms with Crippen LogP contribution in [0.2, 0.25) is 0 Å². The van der Waals surface area contributed by atoms with Gasteiger partial charge in [0.2, 0.25) is 5.88 Å². The third kappa shape index (κ3) is 4.18. The summed E-state index contributed by atoms with van der Waals surface area (Å²) in [6, 6.07) is 16.4. The zero-order chi connectivity index (χ0) is 24.8. The number of hydrogen-bond donors (Lipinski definition) is 2. The van der Waals surface area contributed by atoms with E-state index in [-0.39, 0.29) is 6.10 Å². The molecule has 6 rings (SSSR count). The van der Waals surface area contributed by atoms with Crippen LogP contribution in [-0.4, -0.2) is 50.4 Å². The van der Waals surface area contributed by atoms with Crippen LogP contribution in [0.25, 0.3) is 33.5 Å². The summed E-state index contributed by atoms with van der Waals surface area (Å²) >= 11 is 0. The van der Waals surface area contributed by atoms with Crippen LogP contribution in [0.4, 0.5) is 5.69 Å². The van der Waals surface area contributed by atoms with Crippen LogP contribution in [-0.2, 0) is 4.74 Å². The number of aromatic amines is 2. The number of anilines is 1. The fourth-order valence-corrected chi connectivity index (χ4v) is 4.68. The summed E-state index contributed by atoms with van der Waals surface area (Å²) < 4.78 is 11.9. The molecular formula is C28H29N6O2. The summed E-state index contributed by atoms with van der Waals surface area (Å²) in [5.74, 6) is 3.29. The number of aryl methyl sites for hydroxylation is 1. The molecule has 2 N–H and O–H groups in total. The van der Waals surface area contributed by atoms with Crippen molar-refractivity contribution in [1.82, 2.24) is 25.1 Å². The molecule has 183 valence electrons. The number of nitrogens with one attached hydrogen (secondary N) is 2. The Labute approximate surface area is 209 Å². The highest BCUT2D eigenvalue weighted by atomic mass is 16.5. The molecule has 1 aliphatic heterocycles. The van der Waals surface area contributed by atoms with E-state index in [1.807, 2.05) is 37.3 Å². The van der Waals surface area contributed by atoms with E-state index in [9.17, 15) is 0 Å². The van der Waals surface area contributed by atoms with Gasteiger partial charge in [-0.05, 0) is 55.8 Å². The topological polar surface area (TPSA) is 92.0 Å². The number of hydrogen-bond acceptors (Lipinski definition) is 6. The van der Waals surface area contributed by atoms with Crippen LogP contribution in [0.5, 0.6) is 11.6 Å².